The quantitative estimate of drug-likeness (QED) is 0.787. The smallest absolute Gasteiger partial charge is 0.322 e. The SMILES string of the molecule is COC(=O)[C@H](C)NC(C)CCc1cccc(C)c1. The van der Waals surface area contributed by atoms with Gasteiger partial charge in [0.1, 0.15) is 6.04 Å². The second kappa shape index (κ2) is 7.17. The van der Waals surface area contributed by atoms with Crippen molar-refractivity contribution >= 4 is 5.97 Å². The highest BCUT2D eigenvalue weighted by atomic mass is 16.5. The first kappa shape index (κ1) is 14.7. The highest BCUT2D eigenvalue weighted by Gasteiger charge is 2.15. The fraction of sp³-hybridized carbons (Fsp3) is 0.533. The van der Waals surface area contributed by atoms with Crippen molar-refractivity contribution in [2.24, 2.45) is 0 Å². The number of rotatable bonds is 6. The Balaban J connectivity index is 2.37. The Morgan fingerprint density at radius 1 is 1.39 bits per heavy atom. The molecule has 0 bridgehead atoms. The van der Waals surface area contributed by atoms with E-state index in [2.05, 4.69) is 48.2 Å². The number of esters is 1. The van der Waals surface area contributed by atoms with E-state index >= 15 is 0 Å². The number of methoxy groups -OCH3 is 1. The van der Waals surface area contributed by atoms with Crippen molar-refractivity contribution in [3.05, 3.63) is 35.4 Å². The van der Waals surface area contributed by atoms with E-state index in [1.165, 1.54) is 18.2 Å². The number of hydrogen-bond acceptors (Lipinski definition) is 3. The first-order valence-electron chi connectivity index (χ1n) is 6.42. The molecule has 1 N–H and O–H groups in total. The van der Waals surface area contributed by atoms with Gasteiger partial charge >= 0.3 is 5.97 Å². The van der Waals surface area contributed by atoms with Crippen LogP contribution in [0.3, 0.4) is 0 Å². The third kappa shape index (κ3) is 4.88. The summed E-state index contributed by atoms with van der Waals surface area (Å²) in [4.78, 5) is 11.3. The largest absolute Gasteiger partial charge is 0.468 e. The molecule has 0 heterocycles. The topological polar surface area (TPSA) is 38.3 Å². The number of aryl methyl sites for hydroxylation is 2. The van der Waals surface area contributed by atoms with Gasteiger partial charge in [-0.25, -0.2) is 0 Å². The average molecular weight is 249 g/mol. The van der Waals surface area contributed by atoms with Crippen LogP contribution in [0.1, 0.15) is 31.4 Å². The van der Waals surface area contributed by atoms with Crippen LogP contribution in [0.2, 0.25) is 0 Å². The summed E-state index contributed by atoms with van der Waals surface area (Å²) < 4.78 is 4.69. The standard InChI is InChI=1S/C15H23NO2/c1-11-6-5-7-14(10-11)9-8-12(2)16-13(3)15(17)18-4/h5-7,10,12-13,16H,8-9H2,1-4H3/t12?,13-/m0/s1. The third-order valence-corrected chi connectivity index (χ3v) is 3.04. The van der Waals surface area contributed by atoms with Crippen molar-refractivity contribution in [1.82, 2.24) is 5.32 Å². The minimum Gasteiger partial charge on any atom is -0.468 e. The van der Waals surface area contributed by atoms with Gasteiger partial charge in [0.2, 0.25) is 0 Å². The molecule has 18 heavy (non-hydrogen) atoms. The molecule has 0 aliphatic rings. The van der Waals surface area contributed by atoms with E-state index < -0.39 is 0 Å². The molecule has 1 unspecified atom stereocenters. The number of ether oxygens (including phenoxy) is 1. The molecular weight excluding hydrogens is 226 g/mol. The summed E-state index contributed by atoms with van der Waals surface area (Å²) in [6.07, 6.45) is 2.02. The lowest BCUT2D eigenvalue weighted by Crippen LogP contribution is -2.40. The third-order valence-electron chi connectivity index (χ3n) is 3.04. The van der Waals surface area contributed by atoms with Crippen molar-refractivity contribution in [2.75, 3.05) is 7.11 Å². The maximum Gasteiger partial charge on any atom is 0.322 e. The van der Waals surface area contributed by atoms with Crippen molar-refractivity contribution in [3.63, 3.8) is 0 Å². The number of hydrogen-bond donors (Lipinski definition) is 1. The van der Waals surface area contributed by atoms with Crippen molar-refractivity contribution in [1.29, 1.82) is 0 Å². The van der Waals surface area contributed by atoms with Crippen molar-refractivity contribution in [3.8, 4) is 0 Å². The average Bonchev–Trinajstić information content (AvgIpc) is 2.35. The lowest BCUT2D eigenvalue weighted by atomic mass is 10.0. The van der Waals surface area contributed by atoms with E-state index in [0.29, 0.717) is 6.04 Å². The molecular formula is C15H23NO2. The van der Waals surface area contributed by atoms with Crippen molar-refractivity contribution < 1.29 is 9.53 Å². The zero-order valence-corrected chi connectivity index (χ0v) is 11.7. The van der Waals surface area contributed by atoms with E-state index in [1.54, 1.807) is 0 Å². The van der Waals surface area contributed by atoms with Gasteiger partial charge in [0.05, 0.1) is 7.11 Å². The zero-order valence-electron chi connectivity index (χ0n) is 11.7. The summed E-state index contributed by atoms with van der Waals surface area (Å²) in [5.74, 6) is -0.211. The monoisotopic (exact) mass is 249 g/mol. The predicted molar refractivity (Wildman–Crippen MR) is 73.6 cm³/mol. The number of benzene rings is 1. The van der Waals surface area contributed by atoms with Gasteiger partial charge in [0.15, 0.2) is 0 Å². The van der Waals surface area contributed by atoms with E-state index in [0.717, 1.165) is 12.8 Å². The summed E-state index contributed by atoms with van der Waals surface area (Å²) in [7, 11) is 1.41. The zero-order chi connectivity index (χ0) is 13.5. The maximum absolute atomic E-state index is 11.3. The summed E-state index contributed by atoms with van der Waals surface area (Å²) in [5, 5.41) is 3.24. The molecule has 0 radical (unpaired) electrons. The lowest BCUT2D eigenvalue weighted by Gasteiger charge is -2.18. The molecule has 3 nitrogen and oxygen atoms in total. The van der Waals surface area contributed by atoms with Crippen LogP contribution in [0.15, 0.2) is 24.3 Å². The maximum atomic E-state index is 11.3. The number of carbonyl (C=O) groups excluding carboxylic acids is 1. The Labute approximate surface area is 110 Å². The fourth-order valence-corrected chi connectivity index (χ4v) is 2.01. The molecule has 3 heteroatoms. The van der Waals surface area contributed by atoms with Crippen LogP contribution in [0.5, 0.6) is 0 Å². The highest BCUT2D eigenvalue weighted by Crippen LogP contribution is 2.08. The summed E-state index contributed by atoms with van der Waals surface area (Å²) in [6, 6.07) is 8.58. The molecule has 0 fully saturated rings. The van der Waals surface area contributed by atoms with Gasteiger partial charge in [0, 0.05) is 6.04 Å². The van der Waals surface area contributed by atoms with Crippen LogP contribution in [0, 0.1) is 6.92 Å². The fourth-order valence-electron chi connectivity index (χ4n) is 2.01. The van der Waals surface area contributed by atoms with Gasteiger partial charge in [-0.2, -0.15) is 0 Å². The summed E-state index contributed by atoms with van der Waals surface area (Å²) in [6.45, 7) is 6.02. The Morgan fingerprint density at radius 2 is 2.11 bits per heavy atom. The Bertz CT molecular complexity index is 390. The minimum atomic E-state index is -0.248. The van der Waals surface area contributed by atoms with Crippen LogP contribution in [0.4, 0.5) is 0 Å². The molecule has 1 aromatic rings. The Kier molecular flexibility index (Phi) is 5.86. The van der Waals surface area contributed by atoms with Gasteiger partial charge in [-0.3, -0.25) is 4.79 Å². The molecule has 0 saturated heterocycles. The minimum absolute atomic E-state index is 0.211. The highest BCUT2D eigenvalue weighted by molar-refractivity contribution is 5.75. The summed E-state index contributed by atoms with van der Waals surface area (Å²) >= 11 is 0. The van der Waals surface area contributed by atoms with Gasteiger partial charge in [0.25, 0.3) is 0 Å². The first-order chi connectivity index (χ1) is 8.52. The van der Waals surface area contributed by atoms with Crippen molar-refractivity contribution in [2.45, 2.75) is 45.7 Å². The molecule has 0 aromatic heterocycles. The van der Waals surface area contributed by atoms with Crippen LogP contribution in [-0.4, -0.2) is 25.2 Å². The van der Waals surface area contributed by atoms with Crippen LogP contribution in [-0.2, 0) is 16.0 Å². The molecule has 0 saturated carbocycles. The number of carbonyl (C=O) groups is 1. The summed E-state index contributed by atoms with van der Waals surface area (Å²) in [5.41, 5.74) is 2.63. The Morgan fingerprint density at radius 3 is 2.72 bits per heavy atom. The molecule has 1 aromatic carbocycles. The lowest BCUT2D eigenvalue weighted by molar-refractivity contribution is -0.142. The molecule has 1 rings (SSSR count). The van der Waals surface area contributed by atoms with Crippen LogP contribution in [0.25, 0.3) is 0 Å². The number of nitrogens with one attached hydrogen (secondary N) is 1. The van der Waals surface area contributed by atoms with Gasteiger partial charge < -0.3 is 10.1 Å². The second-order valence-electron chi connectivity index (χ2n) is 4.84. The molecule has 0 amide bonds. The van der Waals surface area contributed by atoms with Gasteiger partial charge in [-0.05, 0) is 39.2 Å². The molecule has 100 valence electrons. The van der Waals surface area contributed by atoms with Gasteiger partial charge in [-0.15, -0.1) is 0 Å². The van der Waals surface area contributed by atoms with E-state index in [1.807, 2.05) is 6.92 Å². The van der Waals surface area contributed by atoms with E-state index in [4.69, 9.17) is 0 Å². The van der Waals surface area contributed by atoms with Crippen LogP contribution < -0.4 is 5.32 Å². The Hall–Kier alpha value is -1.35. The normalized spacial score (nSPS) is 14.0. The first-order valence-corrected chi connectivity index (χ1v) is 6.42. The molecule has 0 aliphatic carbocycles. The van der Waals surface area contributed by atoms with Gasteiger partial charge in [-0.1, -0.05) is 29.8 Å². The predicted octanol–water partition coefficient (Wildman–Crippen LogP) is 2.47. The molecule has 0 aliphatic heterocycles. The van der Waals surface area contributed by atoms with E-state index in [-0.39, 0.29) is 12.0 Å². The van der Waals surface area contributed by atoms with E-state index in [9.17, 15) is 4.79 Å². The molecule has 0 spiro atoms. The second-order valence-corrected chi connectivity index (χ2v) is 4.84. The van der Waals surface area contributed by atoms with Crippen LogP contribution >= 0.6 is 0 Å². The molecule has 2 atom stereocenters.